The van der Waals surface area contributed by atoms with Crippen molar-refractivity contribution in [2.24, 2.45) is 0 Å². The second-order valence-corrected chi connectivity index (χ2v) is 9.54. The number of aryl methyl sites for hydroxylation is 1. The van der Waals surface area contributed by atoms with Gasteiger partial charge >= 0.3 is 0 Å². The monoisotopic (exact) mass is 453 g/mol. The minimum atomic E-state index is -0.0602. The molecule has 0 saturated carbocycles. The van der Waals surface area contributed by atoms with Gasteiger partial charge in [-0.2, -0.15) is 0 Å². The molecule has 4 nitrogen and oxygen atoms in total. The van der Waals surface area contributed by atoms with Crippen molar-refractivity contribution in [3.8, 4) is 11.5 Å². The van der Waals surface area contributed by atoms with Crippen LogP contribution in [0.25, 0.3) is 6.08 Å². The van der Waals surface area contributed by atoms with E-state index in [9.17, 15) is 4.79 Å². The van der Waals surface area contributed by atoms with E-state index in [-0.39, 0.29) is 5.78 Å². The molecule has 2 heterocycles. The topological polar surface area (TPSA) is 38.8 Å². The van der Waals surface area contributed by atoms with Crippen LogP contribution >= 0.6 is 0 Å². The molecule has 0 radical (unpaired) electrons. The van der Waals surface area contributed by atoms with E-state index in [0.717, 1.165) is 48.4 Å². The first-order valence-corrected chi connectivity index (χ1v) is 12.1. The summed E-state index contributed by atoms with van der Waals surface area (Å²) in [5, 5.41) is 0. The molecule has 3 aromatic carbocycles. The Balaban J connectivity index is 1.30. The molecule has 0 spiro atoms. The maximum absolute atomic E-state index is 13.2. The first kappa shape index (κ1) is 22.4. The summed E-state index contributed by atoms with van der Waals surface area (Å²) in [4.78, 5) is 15.5. The third-order valence-electron chi connectivity index (χ3n) is 6.69. The number of allylic oxidation sites excluding steroid dienone is 1. The van der Waals surface area contributed by atoms with E-state index in [2.05, 4.69) is 55.1 Å². The average molecular weight is 454 g/mol. The number of carbonyl (C=O) groups excluding carboxylic acids is 1. The maximum atomic E-state index is 13.2. The molecule has 0 N–H and O–H groups in total. The highest BCUT2D eigenvalue weighted by Crippen LogP contribution is 2.43. The van der Waals surface area contributed by atoms with E-state index in [1.807, 2.05) is 37.3 Å². The summed E-state index contributed by atoms with van der Waals surface area (Å²) in [5.41, 5.74) is 6.19. The van der Waals surface area contributed by atoms with Crippen LogP contribution in [-0.4, -0.2) is 24.0 Å². The lowest BCUT2D eigenvalue weighted by molar-refractivity contribution is 0.0932. The number of rotatable bonds is 6. The summed E-state index contributed by atoms with van der Waals surface area (Å²) in [5.74, 6) is 2.27. The number of hydrogen-bond acceptors (Lipinski definition) is 4. The molecule has 2 aliphatic heterocycles. The fourth-order valence-electron chi connectivity index (χ4n) is 4.72. The number of nitrogens with zero attached hydrogens (tertiary/aromatic N) is 1. The van der Waals surface area contributed by atoms with E-state index in [0.29, 0.717) is 29.7 Å². The van der Waals surface area contributed by atoms with Gasteiger partial charge in [0.2, 0.25) is 5.78 Å². The van der Waals surface area contributed by atoms with Gasteiger partial charge in [-0.1, -0.05) is 68.4 Å². The first-order valence-electron chi connectivity index (χ1n) is 12.1. The van der Waals surface area contributed by atoms with Crippen molar-refractivity contribution < 1.29 is 14.3 Å². The molecular formula is C30H31NO3. The number of carbonyl (C=O) groups is 1. The van der Waals surface area contributed by atoms with Crippen molar-refractivity contribution in [1.82, 2.24) is 4.90 Å². The summed E-state index contributed by atoms with van der Waals surface area (Å²) in [6, 6.07) is 20.8. The summed E-state index contributed by atoms with van der Waals surface area (Å²) in [7, 11) is 0. The Bertz CT molecular complexity index is 1230. The molecule has 0 atom stereocenters. The van der Waals surface area contributed by atoms with E-state index in [4.69, 9.17) is 9.47 Å². The van der Waals surface area contributed by atoms with Gasteiger partial charge in [0, 0.05) is 24.2 Å². The normalized spacial score (nSPS) is 16.4. The standard InChI is InChI=1S/C30H31NO3/c1-20(2)24-13-11-23(12-14-24)16-27-28(32)26-17-25-18-31(15-7-10-22-8-5-4-6-9-22)19-33-29(25)21(3)30(26)34-27/h4-6,8-9,11-14,16-17,20H,7,10,15,18-19H2,1-3H3/b27-16-. The van der Waals surface area contributed by atoms with Crippen molar-refractivity contribution in [2.45, 2.75) is 46.1 Å². The molecular weight excluding hydrogens is 422 g/mol. The molecule has 2 aliphatic rings. The van der Waals surface area contributed by atoms with Crippen LogP contribution in [0.5, 0.6) is 11.5 Å². The largest absolute Gasteiger partial charge is 0.477 e. The van der Waals surface area contributed by atoms with Gasteiger partial charge in [-0.15, -0.1) is 0 Å². The molecule has 5 rings (SSSR count). The molecule has 0 aliphatic carbocycles. The maximum Gasteiger partial charge on any atom is 0.231 e. The molecule has 0 fully saturated rings. The van der Waals surface area contributed by atoms with E-state index >= 15 is 0 Å². The zero-order valence-corrected chi connectivity index (χ0v) is 20.1. The number of Topliss-reactive ketones (excluding diaryl/α,β-unsaturated/α-hetero) is 1. The zero-order chi connectivity index (χ0) is 23.7. The van der Waals surface area contributed by atoms with Crippen molar-refractivity contribution in [1.29, 1.82) is 0 Å². The van der Waals surface area contributed by atoms with Gasteiger partial charge in [0.15, 0.2) is 5.76 Å². The van der Waals surface area contributed by atoms with Crippen LogP contribution in [0.1, 0.15) is 64.4 Å². The predicted octanol–water partition coefficient (Wildman–Crippen LogP) is 6.52. The fourth-order valence-corrected chi connectivity index (χ4v) is 4.72. The van der Waals surface area contributed by atoms with Crippen molar-refractivity contribution in [2.75, 3.05) is 13.3 Å². The van der Waals surface area contributed by atoms with Crippen LogP contribution in [0.4, 0.5) is 0 Å². The quantitative estimate of drug-likeness (QED) is 0.398. The molecule has 4 heteroatoms. The first-order chi connectivity index (χ1) is 16.5. The number of hydrogen-bond donors (Lipinski definition) is 0. The molecule has 0 aromatic heterocycles. The van der Waals surface area contributed by atoms with Crippen LogP contribution in [0.2, 0.25) is 0 Å². The molecule has 0 bridgehead atoms. The van der Waals surface area contributed by atoms with E-state index < -0.39 is 0 Å². The lowest BCUT2D eigenvalue weighted by atomic mass is 9.99. The SMILES string of the molecule is Cc1c2c(cc3c1O/C(=C\c1ccc(C(C)C)cc1)C3=O)CN(CCCc1ccccc1)CO2. The van der Waals surface area contributed by atoms with Gasteiger partial charge in [-0.3, -0.25) is 9.69 Å². The number of benzene rings is 3. The lowest BCUT2D eigenvalue weighted by Crippen LogP contribution is -2.33. The predicted molar refractivity (Wildman–Crippen MR) is 135 cm³/mol. The minimum Gasteiger partial charge on any atom is -0.477 e. The Labute approximate surface area is 201 Å². The van der Waals surface area contributed by atoms with Gasteiger partial charge < -0.3 is 9.47 Å². The number of ether oxygens (including phenoxy) is 2. The Morgan fingerprint density at radius 1 is 1.03 bits per heavy atom. The Kier molecular flexibility index (Phi) is 6.25. The van der Waals surface area contributed by atoms with E-state index in [1.54, 1.807) is 0 Å². The van der Waals surface area contributed by atoms with Gasteiger partial charge in [0.25, 0.3) is 0 Å². The summed E-state index contributed by atoms with van der Waals surface area (Å²) < 4.78 is 12.2. The highest BCUT2D eigenvalue weighted by Gasteiger charge is 2.33. The van der Waals surface area contributed by atoms with E-state index in [1.165, 1.54) is 11.1 Å². The molecule has 0 saturated heterocycles. The Hall–Kier alpha value is -3.37. The summed E-state index contributed by atoms with van der Waals surface area (Å²) in [6.45, 7) is 8.61. The fraction of sp³-hybridized carbons (Fsp3) is 0.300. The van der Waals surface area contributed by atoms with Crippen LogP contribution in [0.15, 0.2) is 66.4 Å². The van der Waals surface area contributed by atoms with Crippen LogP contribution in [0.3, 0.4) is 0 Å². The number of ketones is 1. The zero-order valence-electron chi connectivity index (χ0n) is 20.1. The third kappa shape index (κ3) is 4.51. The van der Waals surface area contributed by atoms with Crippen LogP contribution in [0, 0.1) is 6.92 Å². The van der Waals surface area contributed by atoms with Gasteiger partial charge in [-0.25, -0.2) is 0 Å². The second kappa shape index (κ2) is 9.47. The average Bonchev–Trinajstić information content (AvgIpc) is 3.15. The summed E-state index contributed by atoms with van der Waals surface area (Å²) >= 11 is 0. The van der Waals surface area contributed by atoms with Crippen LogP contribution < -0.4 is 9.47 Å². The molecule has 0 unspecified atom stereocenters. The summed E-state index contributed by atoms with van der Waals surface area (Å²) in [6.07, 6.45) is 3.95. The Morgan fingerprint density at radius 2 is 1.79 bits per heavy atom. The van der Waals surface area contributed by atoms with Crippen LogP contribution in [-0.2, 0) is 13.0 Å². The lowest BCUT2D eigenvalue weighted by Gasteiger charge is -2.30. The van der Waals surface area contributed by atoms with Gasteiger partial charge in [0.05, 0.1) is 5.56 Å². The Morgan fingerprint density at radius 3 is 2.53 bits per heavy atom. The van der Waals surface area contributed by atoms with Crippen molar-refractivity contribution in [3.63, 3.8) is 0 Å². The number of fused-ring (bicyclic) bond motifs is 2. The molecule has 3 aromatic rings. The second-order valence-electron chi connectivity index (χ2n) is 9.54. The molecule has 34 heavy (non-hydrogen) atoms. The van der Waals surface area contributed by atoms with Gasteiger partial charge in [-0.05, 0) is 54.5 Å². The molecule has 0 amide bonds. The van der Waals surface area contributed by atoms with Crippen molar-refractivity contribution >= 4 is 11.9 Å². The highest BCUT2D eigenvalue weighted by atomic mass is 16.5. The third-order valence-corrected chi connectivity index (χ3v) is 6.69. The van der Waals surface area contributed by atoms with Crippen molar-refractivity contribution in [3.05, 3.63) is 99.8 Å². The molecule has 174 valence electrons. The smallest absolute Gasteiger partial charge is 0.231 e. The highest BCUT2D eigenvalue weighted by molar-refractivity contribution is 6.15. The van der Waals surface area contributed by atoms with Gasteiger partial charge in [0.1, 0.15) is 18.2 Å². The minimum absolute atomic E-state index is 0.0602.